The van der Waals surface area contributed by atoms with Crippen LogP contribution in [-0.2, 0) is 0 Å². The average molecular weight is 328 g/mol. The lowest BCUT2D eigenvalue weighted by Gasteiger charge is -2.04. The molecule has 8 heteroatoms. The van der Waals surface area contributed by atoms with Crippen LogP contribution in [0.4, 0.5) is 5.69 Å². The van der Waals surface area contributed by atoms with Crippen molar-refractivity contribution in [3.05, 3.63) is 50.9 Å². The maximum atomic E-state index is 12.4. The molecule has 0 aliphatic rings. The van der Waals surface area contributed by atoms with Crippen LogP contribution < -0.4 is 10.9 Å². The Morgan fingerprint density at radius 2 is 1.87 bits per heavy atom. The Labute approximate surface area is 134 Å². The number of aromatic amines is 1. The van der Waals surface area contributed by atoms with E-state index in [-0.39, 0.29) is 27.3 Å². The number of amides is 1. The molecule has 23 heavy (non-hydrogen) atoms. The van der Waals surface area contributed by atoms with Crippen molar-refractivity contribution in [3.8, 4) is 0 Å². The lowest BCUT2D eigenvalue weighted by Crippen LogP contribution is -2.13. The van der Waals surface area contributed by atoms with E-state index < -0.39 is 5.91 Å². The largest absolute Gasteiger partial charge is 0.321 e. The average Bonchev–Trinajstić information content (AvgIpc) is 2.91. The third kappa shape index (κ3) is 2.88. The summed E-state index contributed by atoms with van der Waals surface area (Å²) in [5.41, 5.74) is 1.18. The summed E-state index contributed by atoms with van der Waals surface area (Å²) in [4.78, 5) is 42.4. The van der Waals surface area contributed by atoms with E-state index in [1.807, 2.05) is 0 Å². The van der Waals surface area contributed by atoms with Gasteiger partial charge in [-0.15, -0.1) is 0 Å². The van der Waals surface area contributed by atoms with Gasteiger partial charge in [-0.05, 0) is 49.6 Å². The highest BCUT2D eigenvalue weighted by Gasteiger charge is 2.18. The lowest BCUT2D eigenvalue weighted by molar-refractivity contribution is 0.101. The normalized spacial score (nSPS) is 10.7. The lowest BCUT2D eigenvalue weighted by atomic mass is 10.1. The van der Waals surface area contributed by atoms with Gasteiger partial charge in [0.25, 0.3) is 11.5 Å². The maximum Gasteiger partial charge on any atom is 0.278 e. The highest BCUT2D eigenvalue weighted by atomic mass is 32.1. The van der Waals surface area contributed by atoms with E-state index in [0.29, 0.717) is 17.1 Å². The number of carbonyl (C=O) groups is 2. The van der Waals surface area contributed by atoms with Gasteiger partial charge in [-0.25, -0.2) is 4.98 Å². The van der Waals surface area contributed by atoms with Gasteiger partial charge in [-0.3, -0.25) is 14.4 Å². The van der Waals surface area contributed by atoms with Crippen molar-refractivity contribution in [3.63, 3.8) is 0 Å². The molecule has 0 aliphatic heterocycles. The Morgan fingerprint density at radius 1 is 1.17 bits per heavy atom. The molecule has 0 unspecified atom stereocenters. The first-order valence-corrected chi connectivity index (χ1v) is 7.51. The number of aryl methyl sites for hydroxylation is 1. The number of nitrogens with zero attached hydrogens (tertiary/aromatic N) is 2. The van der Waals surface area contributed by atoms with E-state index in [9.17, 15) is 14.4 Å². The van der Waals surface area contributed by atoms with Gasteiger partial charge in [0.1, 0.15) is 16.2 Å². The predicted octanol–water partition coefficient (Wildman–Crippen LogP) is 2.14. The number of H-pyrrole nitrogens is 1. The maximum absolute atomic E-state index is 12.4. The number of hydrogen-bond donors (Lipinski definition) is 2. The topological polar surface area (TPSA) is 105 Å². The zero-order valence-electron chi connectivity index (χ0n) is 12.3. The van der Waals surface area contributed by atoms with Gasteiger partial charge in [0.15, 0.2) is 11.3 Å². The van der Waals surface area contributed by atoms with Crippen LogP contribution in [0.25, 0.3) is 11.0 Å². The van der Waals surface area contributed by atoms with E-state index in [4.69, 9.17) is 0 Å². The van der Waals surface area contributed by atoms with Gasteiger partial charge in [0.2, 0.25) is 0 Å². The molecule has 0 fully saturated rings. The molecule has 1 amide bonds. The first-order valence-electron chi connectivity index (χ1n) is 6.74. The van der Waals surface area contributed by atoms with Gasteiger partial charge in [0, 0.05) is 11.3 Å². The Balaban J connectivity index is 1.92. The highest BCUT2D eigenvalue weighted by molar-refractivity contribution is 7.09. The molecule has 2 aromatic heterocycles. The van der Waals surface area contributed by atoms with Crippen LogP contribution in [-0.4, -0.2) is 26.0 Å². The second kappa shape index (κ2) is 5.73. The summed E-state index contributed by atoms with van der Waals surface area (Å²) in [6, 6.07) is 6.55. The fourth-order valence-corrected chi connectivity index (χ4v) is 2.80. The molecule has 0 aliphatic carbocycles. The molecule has 0 atom stereocenters. The number of benzene rings is 1. The summed E-state index contributed by atoms with van der Waals surface area (Å²) in [5, 5.41) is 2.71. The van der Waals surface area contributed by atoms with Crippen molar-refractivity contribution >= 4 is 39.9 Å². The zero-order valence-corrected chi connectivity index (χ0v) is 13.2. The molecule has 0 spiro atoms. The smallest absolute Gasteiger partial charge is 0.278 e. The minimum atomic E-state index is -0.398. The van der Waals surface area contributed by atoms with E-state index in [1.165, 1.54) is 6.92 Å². The Bertz CT molecular complexity index is 973. The second-order valence-electron chi connectivity index (χ2n) is 4.95. The highest BCUT2D eigenvalue weighted by Crippen LogP contribution is 2.20. The summed E-state index contributed by atoms with van der Waals surface area (Å²) in [7, 11) is 0. The number of aromatic nitrogens is 3. The molecule has 0 saturated heterocycles. The van der Waals surface area contributed by atoms with Gasteiger partial charge in [-0.1, -0.05) is 0 Å². The number of Topliss-reactive ketones (excluding diaryl/α,β-unsaturated/α-hetero) is 1. The molecule has 116 valence electrons. The molecule has 2 heterocycles. The number of carbonyl (C=O) groups excluding carboxylic acids is 2. The second-order valence-corrected chi connectivity index (χ2v) is 5.72. The van der Waals surface area contributed by atoms with Crippen molar-refractivity contribution in [1.82, 2.24) is 14.3 Å². The molecular formula is C15H12N4O3S. The van der Waals surface area contributed by atoms with Crippen LogP contribution in [0.15, 0.2) is 29.1 Å². The summed E-state index contributed by atoms with van der Waals surface area (Å²) in [6.45, 7) is 3.11. The van der Waals surface area contributed by atoms with Crippen molar-refractivity contribution < 1.29 is 9.59 Å². The number of rotatable bonds is 3. The van der Waals surface area contributed by atoms with E-state index in [0.717, 1.165) is 11.5 Å². The molecule has 7 nitrogen and oxygen atoms in total. The molecule has 0 saturated carbocycles. The van der Waals surface area contributed by atoms with Crippen molar-refractivity contribution in [2.45, 2.75) is 13.8 Å². The first-order chi connectivity index (χ1) is 11.0. The fraction of sp³-hybridized carbons (Fsp3) is 0.133. The molecule has 0 radical (unpaired) electrons. The summed E-state index contributed by atoms with van der Waals surface area (Å²) < 4.78 is 3.99. The molecule has 3 rings (SSSR count). The van der Waals surface area contributed by atoms with E-state index >= 15 is 0 Å². The molecule has 1 aromatic carbocycles. The van der Waals surface area contributed by atoms with Gasteiger partial charge < -0.3 is 10.3 Å². The number of ketones is 1. The summed E-state index contributed by atoms with van der Waals surface area (Å²) >= 11 is 0.922. The minimum Gasteiger partial charge on any atom is -0.321 e. The zero-order chi connectivity index (χ0) is 16.6. The SMILES string of the molecule is CC(=O)c1ccc(NC(=O)c2snc3c(=O)[nH]c(C)nc23)cc1. The minimum absolute atomic E-state index is 0.0461. The third-order valence-corrected chi connectivity index (χ3v) is 4.05. The number of hydrogen-bond acceptors (Lipinski definition) is 6. The predicted molar refractivity (Wildman–Crippen MR) is 87.2 cm³/mol. The Kier molecular flexibility index (Phi) is 3.75. The third-order valence-electron chi connectivity index (χ3n) is 3.21. The summed E-state index contributed by atoms with van der Waals surface area (Å²) in [6.07, 6.45) is 0. The van der Waals surface area contributed by atoms with E-state index in [2.05, 4.69) is 19.7 Å². The standard InChI is InChI=1S/C15H12N4O3S/c1-7(20)9-3-5-10(6-4-9)18-15(22)13-11-12(19-23-13)14(21)17-8(2)16-11/h3-6H,1-2H3,(H,18,22)(H,16,17,21). The van der Waals surface area contributed by atoms with Crippen LogP contribution in [0.3, 0.4) is 0 Å². The van der Waals surface area contributed by atoms with Crippen LogP contribution >= 0.6 is 11.5 Å². The number of anilines is 1. The van der Waals surface area contributed by atoms with Gasteiger partial charge >= 0.3 is 0 Å². The molecule has 0 bridgehead atoms. The van der Waals surface area contributed by atoms with Gasteiger partial charge in [-0.2, -0.15) is 4.37 Å². The van der Waals surface area contributed by atoms with Crippen molar-refractivity contribution in [1.29, 1.82) is 0 Å². The quantitative estimate of drug-likeness (QED) is 0.717. The van der Waals surface area contributed by atoms with Gasteiger partial charge in [0.05, 0.1) is 0 Å². The Morgan fingerprint density at radius 3 is 2.52 bits per heavy atom. The van der Waals surface area contributed by atoms with Crippen LogP contribution in [0.2, 0.25) is 0 Å². The molecule has 3 aromatic rings. The Hall–Kier alpha value is -2.87. The fourth-order valence-electron chi connectivity index (χ4n) is 2.08. The van der Waals surface area contributed by atoms with E-state index in [1.54, 1.807) is 31.2 Å². The summed E-state index contributed by atoms with van der Waals surface area (Å²) in [5.74, 6) is -0.0247. The molecule has 2 N–H and O–H groups in total. The van der Waals surface area contributed by atoms with Crippen molar-refractivity contribution in [2.24, 2.45) is 0 Å². The number of fused-ring (bicyclic) bond motifs is 1. The van der Waals surface area contributed by atoms with Crippen LogP contribution in [0.1, 0.15) is 32.8 Å². The van der Waals surface area contributed by atoms with Crippen molar-refractivity contribution in [2.75, 3.05) is 5.32 Å². The molecular weight excluding hydrogens is 316 g/mol. The van der Waals surface area contributed by atoms with Crippen LogP contribution in [0.5, 0.6) is 0 Å². The van der Waals surface area contributed by atoms with Crippen LogP contribution in [0, 0.1) is 6.92 Å². The monoisotopic (exact) mass is 328 g/mol. The number of nitrogens with one attached hydrogen (secondary N) is 2. The first kappa shape index (κ1) is 15.0.